The number of unbranched alkanes of at least 4 members (excludes halogenated alkanes) is 2. The second-order valence-corrected chi connectivity index (χ2v) is 6.21. The van der Waals surface area contributed by atoms with Crippen molar-refractivity contribution in [3.8, 4) is 5.75 Å². The highest BCUT2D eigenvalue weighted by Gasteiger charge is 2.05. The molecular weight excluding hydrogens is 292 g/mol. The summed E-state index contributed by atoms with van der Waals surface area (Å²) >= 11 is 0. The van der Waals surface area contributed by atoms with Gasteiger partial charge in [0.15, 0.2) is 0 Å². The van der Waals surface area contributed by atoms with E-state index in [4.69, 9.17) is 0 Å². The first-order chi connectivity index (χ1) is 11.7. The van der Waals surface area contributed by atoms with Gasteiger partial charge in [-0.15, -0.1) is 0 Å². The summed E-state index contributed by atoms with van der Waals surface area (Å²) in [6, 6.07) is 22.5. The highest BCUT2D eigenvalue weighted by atomic mass is 16.3. The Kier molecular flexibility index (Phi) is 5.00. The fraction of sp³-hybridized carbons (Fsp3) is 0.217. The smallest absolute Gasteiger partial charge is 0.124 e. The van der Waals surface area contributed by atoms with E-state index >= 15 is 0 Å². The van der Waals surface area contributed by atoms with Crippen molar-refractivity contribution in [1.29, 1.82) is 0 Å². The summed E-state index contributed by atoms with van der Waals surface area (Å²) in [6.07, 6.45) is 4.08. The molecule has 0 fully saturated rings. The molecule has 0 atom stereocenters. The summed E-state index contributed by atoms with van der Waals surface area (Å²) in [4.78, 5) is 0. The predicted octanol–water partition coefficient (Wildman–Crippen LogP) is 7.05. The largest absolute Gasteiger partial charge is 0.507 e. The van der Waals surface area contributed by atoms with E-state index in [1.54, 1.807) is 6.07 Å². The number of hydrogen-bond donors (Lipinski definition) is 1. The molecule has 122 valence electrons. The Morgan fingerprint density at radius 1 is 0.667 bits per heavy atom. The van der Waals surface area contributed by atoms with Crippen molar-refractivity contribution in [1.82, 2.24) is 0 Å². The molecule has 4 rings (SSSR count). The van der Waals surface area contributed by atoms with Crippen LogP contribution in [0.5, 0.6) is 5.75 Å². The SMILES string of the molecule is CCCCC.Oc1cccc2ccc3cc4ccccc4cc3c12. The van der Waals surface area contributed by atoms with Crippen LogP contribution in [0.3, 0.4) is 0 Å². The standard InChI is InChI=1S/C18H12O.C5H12/c19-17-7-3-6-12-8-9-15-10-13-4-1-2-5-14(13)11-16(15)18(12)17;1-3-5-4-2/h1-11,19H;3-5H2,1-2H3. The van der Waals surface area contributed by atoms with Gasteiger partial charge >= 0.3 is 0 Å². The summed E-state index contributed by atoms with van der Waals surface area (Å²) < 4.78 is 0. The Morgan fingerprint density at radius 2 is 1.29 bits per heavy atom. The van der Waals surface area contributed by atoms with Gasteiger partial charge < -0.3 is 5.11 Å². The van der Waals surface area contributed by atoms with Crippen molar-refractivity contribution in [3.63, 3.8) is 0 Å². The van der Waals surface area contributed by atoms with Gasteiger partial charge in [-0.2, -0.15) is 0 Å². The molecule has 4 aromatic carbocycles. The van der Waals surface area contributed by atoms with E-state index in [0.717, 1.165) is 21.5 Å². The topological polar surface area (TPSA) is 20.2 Å². The zero-order chi connectivity index (χ0) is 16.9. The van der Waals surface area contributed by atoms with Gasteiger partial charge in [0.05, 0.1) is 0 Å². The molecular formula is C23H24O. The Balaban J connectivity index is 0.000000300. The highest BCUT2D eigenvalue weighted by molar-refractivity contribution is 6.14. The minimum Gasteiger partial charge on any atom is -0.507 e. The Morgan fingerprint density at radius 3 is 1.96 bits per heavy atom. The summed E-state index contributed by atoms with van der Waals surface area (Å²) in [6.45, 7) is 4.42. The highest BCUT2D eigenvalue weighted by Crippen LogP contribution is 2.34. The van der Waals surface area contributed by atoms with Crippen LogP contribution >= 0.6 is 0 Å². The van der Waals surface area contributed by atoms with Gasteiger partial charge in [-0.25, -0.2) is 0 Å². The zero-order valence-electron chi connectivity index (χ0n) is 14.4. The number of phenolic OH excluding ortho intramolecular Hbond substituents is 1. The molecule has 0 aromatic heterocycles. The van der Waals surface area contributed by atoms with Gasteiger partial charge in [0, 0.05) is 5.39 Å². The normalized spacial score (nSPS) is 10.8. The fourth-order valence-electron chi connectivity index (χ4n) is 3.14. The summed E-state index contributed by atoms with van der Waals surface area (Å²) in [7, 11) is 0. The van der Waals surface area contributed by atoms with Crippen LogP contribution in [-0.4, -0.2) is 5.11 Å². The average molecular weight is 316 g/mol. The molecule has 0 unspecified atom stereocenters. The van der Waals surface area contributed by atoms with Gasteiger partial charge in [-0.1, -0.05) is 81.6 Å². The van der Waals surface area contributed by atoms with E-state index in [9.17, 15) is 5.11 Å². The lowest BCUT2D eigenvalue weighted by Crippen LogP contribution is -1.80. The molecule has 0 aliphatic heterocycles. The van der Waals surface area contributed by atoms with E-state index in [1.807, 2.05) is 24.3 Å². The van der Waals surface area contributed by atoms with Crippen LogP contribution in [-0.2, 0) is 0 Å². The van der Waals surface area contributed by atoms with Crippen LogP contribution in [0.25, 0.3) is 32.3 Å². The second-order valence-electron chi connectivity index (χ2n) is 6.21. The maximum Gasteiger partial charge on any atom is 0.124 e. The molecule has 1 heteroatoms. The van der Waals surface area contributed by atoms with Gasteiger partial charge in [0.1, 0.15) is 5.75 Å². The zero-order valence-corrected chi connectivity index (χ0v) is 14.4. The maximum absolute atomic E-state index is 10.1. The van der Waals surface area contributed by atoms with E-state index < -0.39 is 0 Å². The van der Waals surface area contributed by atoms with Crippen LogP contribution in [0.15, 0.2) is 66.7 Å². The van der Waals surface area contributed by atoms with Crippen LogP contribution in [0.1, 0.15) is 33.1 Å². The minimum absolute atomic E-state index is 0.346. The lowest BCUT2D eigenvalue weighted by atomic mass is 9.98. The predicted molar refractivity (Wildman–Crippen MR) is 106 cm³/mol. The second kappa shape index (κ2) is 7.35. The van der Waals surface area contributed by atoms with Crippen LogP contribution < -0.4 is 0 Å². The van der Waals surface area contributed by atoms with Gasteiger partial charge in [-0.3, -0.25) is 0 Å². The number of rotatable bonds is 2. The Labute approximate surface area is 143 Å². The van der Waals surface area contributed by atoms with E-state index in [2.05, 4.69) is 50.2 Å². The molecule has 0 spiro atoms. The molecule has 0 amide bonds. The molecule has 0 heterocycles. The number of fused-ring (bicyclic) bond motifs is 4. The molecule has 0 bridgehead atoms. The van der Waals surface area contributed by atoms with Gasteiger partial charge in [0.2, 0.25) is 0 Å². The maximum atomic E-state index is 10.1. The van der Waals surface area contributed by atoms with Crippen molar-refractivity contribution < 1.29 is 5.11 Å². The average Bonchev–Trinajstić information content (AvgIpc) is 2.61. The molecule has 24 heavy (non-hydrogen) atoms. The lowest BCUT2D eigenvalue weighted by molar-refractivity contribution is 0.482. The lowest BCUT2D eigenvalue weighted by Gasteiger charge is -2.07. The molecule has 1 nitrogen and oxygen atoms in total. The first-order valence-electron chi connectivity index (χ1n) is 8.77. The van der Waals surface area contributed by atoms with Crippen LogP contribution in [0.4, 0.5) is 0 Å². The molecule has 0 radical (unpaired) electrons. The molecule has 0 saturated heterocycles. The number of benzene rings is 4. The molecule has 0 aliphatic rings. The summed E-state index contributed by atoms with van der Waals surface area (Å²) in [5, 5.41) is 16.8. The van der Waals surface area contributed by atoms with Crippen molar-refractivity contribution in [2.24, 2.45) is 0 Å². The molecule has 0 saturated carbocycles. The number of aromatic hydroxyl groups is 1. The minimum atomic E-state index is 0.346. The van der Waals surface area contributed by atoms with Gasteiger partial charge in [0.25, 0.3) is 0 Å². The third kappa shape index (κ3) is 3.21. The number of phenols is 1. The Bertz CT molecular complexity index is 967. The van der Waals surface area contributed by atoms with Crippen molar-refractivity contribution >= 4 is 32.3 Å². The first-order valence-corrected chi connectivity index (χ1v) is 8.77. The van der Waals surface area contributed by atoms with Crippen LogP contribution in [0, 0.1) is 0 Å². The summed E-state index contributed by atoms with van der Waals surface area (Å²) in [5.41, 5.74) is 0. The van der Waals surface area contributed by atoms with E-state index in [0.29, 0.717) is 5.75 Å². The van der Waals surface area contributed by atoms with E-state index in [1.165, 1.54) is 30.0 Å². The van der Waals surface area contributed by atoms with Crippen molar-refractivity contribution in [2.75, 3.05) is 0 Å². The third-order valence-electron chi connectivity index (χ3n) is 4.41. The van der Waals surface area contributed by atoms with Crippen LogP contribution in [0.2, 0.25) is 0 Å². The first kappa shape index (κ1) is 16.3. The molecule has 0 aliphatic carbocycles. The van der Waals surface area contributed by atoms with Crippen molar-refractivity contribution in [2.45, 2.75) is 33.1 Å². The molecule has 4 aromatic rings. The van der Waals surface area contributed by atoms with Crippen molar-refractivity contribution in [3.05, 3.63) is 66.7 Å². The Hall–Kier alpha value is -2.54. The quantitative estimate of drug-likeness (QED) is 0.310. The van der Waals surface area contributed by atoms with Gasteiger partial charge in [-0.05, 0) is 45.1 Å². The molecule has 1 N–H and O–H groups in total. The monoisotopic (exact) mass is 316 g/mol. The number of hydrogen-bond acceptors (Lipinski definition) is 1. The third-order valence-corrected chi connectivity index (χ3v) is 4.41. The summed E-state index contributed by atoms with van der Waals surface area (Å²) in [5.74, 6) is 0.346. The van der Waals surface area contributed by atoms with E-state index in [-0.39, 0.29) is 0 Å². The fourth-order valence-corrected chi connectivity index (χ4v) is 3.14.